The fourth-order valence-corrected chi connectivity index (χ4v) is 4.93. The minimum Gasteiger partial charge on any atom is -0.331 e. The van der Waals surface area contributed by atoms with Gasteiger partial charge in [-0.2, -0.15) is 0 Å². The number of amides is 1. The van der Waals surface area contributed by atoms with Crippen molar-refractivity contribution in [3.8, 4) is 0 Å². The normalized spacial score (nSPS) is 14.6. The molecule has 4 nitrogen and oxygen atoms in total. The van der Waals surface area contributed by atoms with Gasteiger partial charge in [-0.15, -0.1) is 0 Å². The molecule has 0 bridgehead atoms. The topological polar surface area (TPSA) is 38.1 Å². The third-order valence-electron chi connectivity index (χ3n) is 6.43. The smallest absolute Gasteiger partial charge is 0.254 e. The third-order valence-corrected chi connectivity index (χ3v) is 7.28. The third kappa shape index (κ3) is 4.90. The number of carbonyl (C=O) groups excluding carboxylic acids is 1. The van der Waals surface area contributed by atoms with E-state index in [2.05, 4.69) is 34.3 Å². The van der Waals surface area contributed by atoms with E-state index in [-0.39, 0.29) is 11.7 Å². The molecule has 3 aromatic rings. The van der Waals surface area contributed by atoms with Crippen LogP contribution in [0.4, 0.5) is 4.39 Å². The predicted octanol–water partition coefficient (Wildman–Crippen LogP) is 7.05. The Labute approximate surface area is 198 Å². The molecule has 1 aromatic heterocycles. The van der Waals surface area contributed by atoms with Crippen molar-refractivity contribution in [1.29, 1.82) is 0 Å². The SMILES string of the molecule is Cc1ccc(C(=O)N(CCC(C)C)Cc2nc3cc(F)ccc3n2C2CCCC2)cc1Br. The van der Waals surface area contributed by atoms with Crippen LogP contribution in [0.15, 0.2) is 40.9 Å². The highest BCUT2D eigenvalue weighted by Crippen LogP contribution is 2.34. The Hall–Kier alpha value is -2.21. The summed E-state index contributed by atoms with van der Waals surface area (Å²) in [4.78, 5) is 20.3. The van der Waals surface area contributed by atoms with Crippen LogP contribution in [0.3, 0.4) is 0 Å². The molecule has 0 atom stereocenters. The molecule has 0 unspecified atom stereocenters. The minimum absolute atomic E-state index is 0.00237. The zero-order valence-corrected chi connectivity index (χ0v) is 20.7. The van der Waals surface area contributed by atoms with E-state index >= 15 is 0 Å². The summed E-state index contributed by atoms with van der Waals surface area (Å²) in [6.45, 7) is 7.43. The van der Waals surface area contributed by atoms with E-state index in [9.17, 15) is 9.18 Å². The molecule has 1 saturated carbocycles. The average molecular weight is 500 g/mol. The van der Waals surface area contributed by atoms with E-state index in [0.29, 0.717) is 36.1 Å². The molecule has 2 aromatic carbocycles. The number of halogens is 2. The highest BCUT2D eigenvalue weighted by molar-refractivity contribution is 9.10. The van der Waals surface area contributed by atoms with Crippen LogP contribution in [-0.2, 0) is 6.54 Å². The summed E-state index contributed by atoms with van der Waals surface area (Å²) in [6, 6.07) is 10.9. The lowest BCUT2D eigenvalue weighted by Crippen LogP contribution is -2.33. The van der Waals surface area contributed by atoms with E-state index in [1.165, 1.54) is 25.0 Å². The average Bonchev–Trinajstić information content (AvgIpc) is 3.39. The Balaban J connectivity index is 1.71. The van der Waals surface area contributed by atoms with Crippen LogP contribution < -0.4 is 0 Å². The lowest BCUT2D eigenvalue weighted by molar-refractivity contribution is 0.0728. The van der Waals surface area contributed by atoms with Crippen LogP contribution in [0.5, 0.6) is 0 Å². The van der Waals surface area contributed by atoms with Crippen LogP contribution in [0.1, 0.15) is 73.7 Å². The van der Waals surface area contributed by atoms with Gasteiger partial charge in [0.1, 0.15) is 11.6 Å². The largest absolute Gasteiger partial charge is 0.331 e. The standard InChI is InChI=1S/C26H31BrFN3O/c1-17(2)12-13-30(26(32)19-9-8-18(3)22(27)14-19)16-25-29-23-15-20(28)10-11-24(23)31(25)21-6-4-5-7-21/h8-11,14-15,17,21H,4-7,12-13,16H2,1-3H3. The van der Waals surface area contributed by atoms with Crippen molar-refractivity contribution in [3.63, 3.8) is 0 Å². The Morgan fingerprint density at radius 1 is 1.22 bits per heavy atom. The Kier molecular flexibility index (Phi) is 6.99. The number of rotatable bonds is 7. The van der Waals surface area contributed by atoms with E-state index in [1.54, 1.807) is 0 Å². The molecule has 4 rings (SSSR count). The van der Waals surface area contributed by atoms with Gasteiger partial charge in [0, 0.05) is 28.7 Å². The van der Waals surface area contributed by atoms with Gasteiger partial charge in [0.15, 0.2) is 0 Å². The van der Waals surface area contributed by atoms with Crippen molar-refractivity contribution in [3.05, 3.63) is 63.6 Å². The van der Waals surface area contributed by atoms with Gasteiger partial charge in [-0.1, -0.05) is 48.7 Å². The first kappa shape index (κ1) is 23.0. The Morgan fingerprint density at radius 3 is 2.66 bits per heavy atom. The number of nitrogens with zero attached hydrogens (tertiary/aromatic N) is 3. The Bertz CT molecular complexity index is 1120. The van der Waals surface area contributed by atoms with Crippen molar-refractivity contribution in [2.24, 2.45) is 5.92 Å². The molecule has 1 aliphatic rings. The lowest BCUT2D eigenvalue weighted by atomic mass is 10.1. The number of hydrogen-bond donors (Lipinski definition) is 0. The number of fused-ring (bicyclic) bond motifs is 1. The minimum atomic E-state index is -0.280. The number of aryl methyl sites for hydroxylation is 1. The molecule has 6 heteroatoms. The molecule has 170 valence electrons. The van der Waals surface area contributed by atoms with Gasteiger partial charge in [-0.3, -0.25) is 4.79 Å². The van der Waals surface area contributed by atoms with E-state index in [0.717, 1.165) is 40.6 Å². The molecule has 32 heavy (non-hydrogen) atoms. The molecule has 1 amide bonds. The molecule has 0 aliphatic heterocycles. The van der Waals surface area contributed by atoms with Crippen LogP contribution in [0.25, 0.3) is 11.0 Å². The van der Waals surface area contributed by atoms with Crippen molar-refractivity contribution in [1.82, 2.24) is 14.5 Å². The van der Waals surface area contributed by atoms with Crippen LogP contribution in [0.2, 0.25) is 0 Å². The summed E-state index contributed by atoms with van der Waals surface area (Å²) in [6.07, 6.45) is 5.50. The maximum Gasteiger partial charge on any atom is 0.254 e. The lowest BCUT2D eigenvalue weighted by Gasteiger charge is -2.25. The maximum atomic E-state index is 13.9. The molecular weight excluding hydrogens is 469 g/mol. The number of hydrogen-bond acceptors (Lipinski definition) is 2. The van der Waals surface area contributed by atoms with Crippen LogP contribution in [-0.4, -0.2) is 26.9 Å². The fraction of sp³-hybridized carbons (Fsp3) is 0.462. The van der Waals surface area contributed by atoms with Crippen molar-refractivity contribution in [2.75, 3.05) is 6.54 Å². The van der Waals surface area contributed by atoms with Gasteiger partial charge in [0.2, 0.25) is 0 Å². The highest BCUT2D eigenvalue weighted by atomic mass is 79.9. The summed E-state index contributed by atoms with van der Waals surface area (Å²) in [5.74, 6) is 1.05. The van der Waals surface area contributed by atoms with Gasteiger partial charge in [-0.25, -0.2) is 9.37 Å². The zero-order valence-electron chi connectivity index (χ0n) is 19.1. The van der Waals surface area contributed by atoms with Crippen molar-refractivity contribution >= 4 is 32.9 Å². The second-order valence-corrected chi connectivity index (χ2v) is 10.2. The first-order valence-corrected chi connectivity index (χ1v) is 12.3. The van der Waals surface area contributed by atoms with E-state index in [1.807, 2.05) is 36.1 Å². The van der Waals surface area contributed by atoms with E-state index < -0.39 is 0 Å². The van der Waals surface area contributed by atoms with Crippen LogP contribution in [0, 0.1) is 18.7 Å². The molecule has 0 radical (unpaired) electrons. The summed E-state index contributed by atoms with van der Waals surface area (Å²) in [5.41, 5.74) is 3.39. The second kappa shape index (κ2) is 9.74. The molecule has 0 spiro atoms. The number of benzene rings is 2. The molecule has 1 fully saturated rings. The quantitative estimate of drug-likeness (QED) is 0.349. The molecule has 0 N–H and O–H groups in total. The summed E-state index contributed by atoms with van der Waals surface area (Å²) in [5, 5.41) is 0. The van der Waals surface area contributed by atoms with Gasteiger partial charge >= 0.3 is 0 Å². The van der Waals surface area contributed by atoms with Crippen molar-refractivity contribution in [2.45, 2.75) is 65.5 Å². The maximum absolute atomic E-state index is 13.9. The predicted molar refractivity (Wildman–Crippen MR) is 130 cm³/mol. The molecular formula is C26H31BrFN3O. The van der Waals surface area contributed by atoms with Crippen molar-refractivity contribution < 1.29 is 9.18 Å². The van der Waals surface area contributed by atoms with Gasteiger partial charge in [0.05, 0.1) is 17.6 Å². The number of aromatic nitrogens is 2. The number of carbonyl (C=O) groups is 1. The van der Waals surface area contributed by atoms with Gasteiger partial charge in [0.25, 0.3) is 5.91 Å². The molecule has 0 saturated heterocycles. The summed E-state index contributed by atoms with van der Waals surface area (Å²) >= 11 is 3.56. The Morgan fingerprint density at radius 2 is 1.97 bits per heavy atom. The first-order valence-electron chi connectivity index (χ1n) is 11.5. The monoisotopic (exact) mass is 499 g/mol. The second-order valence-electron chi connectivity index (χ2n) is 9.34. The van der Waals surface area contributed by atoms with Crippen LogP contribution >= 0.6 is 15.9 Å². The number of imidazole rings is 1. The van der Waals surface area contributed by atoms with Gasteiger partial charge < -0.3 is 9.47 Å². The highest BCUT2D eigenvalue weighted by Gasteiger charge is 2.26. The molecule has 1 aliphatic carbocycles. The van der Waals surface area contributed by atoms with E-state index in [4.69, 9.17) is 4.98 Å². The van der Waals surface area contributed by atoms with Gasteiger partial charge in [-0.05, 0) is 61.9 Å². The zero-order chi connectivity index (χ0) is 22.8. The first-order chi connectivity index (χ1) is 15.3. The summed E-state index contributed by atoms with van der Waals surface area (Å²) in [7, 11) is 0. The fourth-order valence-electron chi connectivity index (χ4n) is 4.55. The molecule has 1 heterocycles. The summed E-state index contributed by atoms with van der Waals surface area (Å²) < 4.78 is 17.1.